The fraction of sp³-hybridized carbons (Fsp3) is 0.200. The van der Waals surface area contributed by atoms with Gasteiger partial charge in [-0.15, -0.1) is 0 Å². The Labute approximate surface area is 110 Å². The van der Waals surface area contributed by atoms with Crippen molar-refractivity contribution < 1.29 is 13.2 Å². The lowest BCUT2D eigenvalue weighted by molar-refractivity contribution is 0.479. The topological polar surface area (TPSA) is 12.0 Å². The highest BCUT2D eigenvalue weighted by Gasteiger charge is 2.12. The number of hydrogen-bond donors (Lipinski definition) is 1. The molecule has 2 aromatic rings. The molecule has 1 N–H and O–H groups in total. The molecule has 0 aliphatic heterocycles. The van der Waals surface area contributed by atoms with Gasteiger partial charge in [0.15, 0.2) is 11.6 Å². The molecule has 2 aromatic carbocycles. The van der Waals surface area contributed by atoms with Gasteiger partial charge >= 0.3 is 0 Å². The molecule has 1 atom stereocenters. The van der Waals surface area contributed by atoms with Crippen molar-refractivity contribution in [3.63, 3.8) is 0 Å². The first-order valence-electron chi connectivity index (χ1n) is 6.00. The first-order chi connectivity index (χ1) is 9.09. The summed E-state index contributed by atoms with van der Waals surface area (Å²) in [7, 11) is 0. The van der Waals surface area contributed by atoms with Crippen molar-refractivity contribution in [1.29, 1.82) is 0 Å². The molecular weight excluding hydrogens is 251 g/mol. The third kappa shape index (κ3) is 3.15. The zero-order valence-electron chi connectivity index (χ0n) is 10.5. The smallest absolute Gasteiger partial charge is 0.163 e. The quantitative estimate of drug-likeness (QED) is 0.882. The van der Waals surface area contributed by atoms with Crippen molar-refractivity contribution in [2.45, 2.75) is 19.5 Å². The van der Waals surface area contributed by atoms with Gasteiger partial charge in [0.1, 0.15) is 5.82 Å². The Balaban J connectivity index is 2.07. The van der Waals surface area contributed by atoms with Crippen LogP contribution in [0.25, 0.3) is 0 Å². The highest BCUT2D eigenvalue weighted by atomic mass is 19.2. The van der Waals surface area contributed by atoms with Crippen molar-refractivity contribution in [2.24, 2.45) is 0 Å². The molecule has 0 aliphatic carbocycles. The van der Waals surface area contributed by atoms with E-state index >= 15 is 0 Å². The lowest BCUT2D eigenvalue weighted by Crippen LogP contribution is -2.20. The molecular formula is C15H14F3N. The highest BCUT2D eigenvalue weighted by molar-refractivity contribution is 5.22. The van der Waals surface area contributed by atoms with Gasteiger partial charge in [-0.2, -0.15) is 0 Å². The van der Waals surface area contributed by atoms with Gasteiger partial charge in [0.05, 0.1) is 0 Å². The minimum Gasteiger partial charge on any atom is -0.306 e. The highest BCUT2D eigenvalue weighted by Crippen LogP contribution is 2.17. The van der Waals surface area contributed by atoms with Crippen LogP contribution in [0, 0.1) is 17.5 Å². The summed E-state index contributed by atoms with van der Waals surface area (Å²) in [5, 5.41) is 2.98. The fourth-order valence-electron chi connectivity index (χ4n) is 1.88. The molecule has 19 heavy (non-hydrogen) atoms. The Hall–Kier alpha value is -1.81. The minimum absolute atomic E-state index is 0.138. The van der Waals surface area contributed by atoms with E-state index in [1.54, 1.807) is 25.1 Å². The number of hydrogen-bond acceptors (Lipinski definition) is 1. The van der Waals surface area contributed by atoms with Crippen molar-refractivity contribution in [2.75, 3.05) is 0 Å². The summed E-state index contributed by atoms with van der Waals surface area (Å²) in [5.41, 5.74) is 0.725. The average Bonchev–Trinajstić information content (AvgIpc) is 2.40. The zero-order valence-corrected chi connectivity index (χ0v) is 10.5. The number of halogens is 3. The normalized spacial score (nSPS) is 12.4. The van der Waals surface area contributed by atoms with Gasteiger partial charge in [0.25, 0.3) is 0 Å². The van der Waals surface area contributed by atoms with Gasteiger partial charge in [-0.3, -0.25) is 0 Å². The summed E-state index contributed by atoms with van der Waals surface area (Å²) in [4.78, 5) is 0. The second kappa shape index (κ2) is 5.89. The largest absolute Gasteiger partial charge is 0.306 e. The fourth-order valence-corrected chi connectivity index (χ4v) is 1.88. The Morgan fingerprint density at radius 1 is 0.947 bits per heavy atom. The van der Waals surface area contributed by atoms with E-state index in [-0.39, 0.29) is 24.0 Å². The molecule has 0 aromatic heterocycles. The van der Waals surface area contributed by atoms with E-state index in [1.807, 2.05) is 0 Å². The van der Waals surface area contributed by atoms with Crippen LogP contribution < -0.4 is 5.32 Å². The Morgan fingerprint density at radius 2 is 1.63 bits per heavy atom. The summed E-state index contributed by atoms with van der Waals surface area (Å²) in [6, 6.07) is 10.1. The van der Waals surface area contributed by atoms with Crippen molar-refractivity contribution in [1.82, 2.24) is 5.32 Å². The minimum atomic E-state index is -0.877. The van der Waals surface area contributed by atoms with E-state index in [0.717, 1.165) is 6.07 Å². The van der Waals surface area contributed by atoms with Crippen LogP contribution in [0.3, 0.4) is 0 Å². The molecule has 0 unspecified atom stereocenters. The van der Waals surface area contributed by atoms with Gasteiger partial charge in [-0.05, 0) is 19.1 Å². The maximum Gasteiger partial charge on any atom is 0.163 e. The first-order valence-corrected chi connectivity index (χ1v) is 6.00. The first kappa shape index (κ1) is 13.6. The third-order valence-electron chi connectivity index (χ3n) is 3.00. The van der Waals surface area contributed by atoms with Gasteiger partial charge < -0.3 is 5.32 Å². The second-order valence-corrected chi connectivity index (χ2v) is 4.34. The zero-order chi connectivity index (χ0) is 13.8. The average molecular weight is 265 g/mol. The molecule has 0 fully saturated rings. The van der Waals surface area contributed by atoms with E-state index < -0.39 is 11.6 Å². The van der Waals surface area contributed by atoms with E-state index in [1.165, 1.54) is 18.2 Å². The maximum absolute atomic E-state index is 13.5. The predicted octanol–water partition coefficient (Wildman–Crippen LogP) is 3.95. The summed E-state index contributed by atoms with van der Waals surface area (Å²) in [6.07, 6.45) is 0. The van der Waals surface area contributed by atoms with Crippen LogP contribution in [0.5, 0.6) is 0 Å². The predicted molar refractivity (Wildman–Crippen MR) is 68.0 cm³/mol. The van der Waals surface area contributed by atoms with Crippen LogP contribution in [-0.4, -0.2) is 0 Å². The molecule has 0 bridgehead atoms. The number of rotatable bonds is 4. The SMILES string of the molecule is C[C@@H](NCc1cccc(F)c1F)c1ccccc1F. The van der Waals surface area contributed by atoms with Crippen LogP contribution >= 0.6 is 0 Å². The monoisotopic (exact) mass is 265 g/mol. The summed E-state index contributed by atoms with van der Waals surface area (Å²) in [6.45, 7) is 1.91. The molecule has 2 rings (SSSR count). The lowest BCUT2D eigenvalue weighted by Gasteiger charge is -2.15. The van der Waals surface area contributed by atoms with Gasteiger partial charge in [-0.1, -0.05) is 30.3 Å². The van der Waals surface area contributed by atoms with Crippen molar-refractivity contribution >= 4 is 0 Å². The van der Waals surface area contributed by atoms with Crippen molar-refractivity contribution in [3.8, 4) is 0 Å². The van der Waals surface area contributed by atoms with Crippen LogP contribution in [0.1, 0.15) is 24.1 Å². The molecule has 0 radical (unpaired) electrons. The van der Waals surface area contributed by atoms with Crippen LogP contribution in [0.15, 0.2) is 42.5 Å². The molecule has 0 aliphatic rings. The molecule has 0 saturated heterocycles. The van der Waals surface area contributed by atoms with E-state index in [2.05, 4.69) is 5.32 Å². The molecule has 4 heteroatoms. The number of nitrogens with one attached hydrogen (secondary N) is 1. The van der Waals surface area contributed by atoms with E-state index in [4.69, 9.17) is 0 Å². The van der Waals surface area contributed by atoms with Crippen molar-refractivity contribution in [3.05, 3.63) is 71.0 Å². The summed E-state index contributed by atoms with van der Waals surface area (Å²) in [5.74, 6) is -2.06. The van der Waals surface area contributed by atoms with Crippen LogP contribution in [-0.2, 0) is 6.54 Å². The van der Waals surface area contributed by atoms with Crippen LogP contribution in [0.4, 0.5) is 13.2 Å². The molecule has 100 valence electrons. The standard InChI is InChI=1S/C15H14F3N/c1-10(12-6-2-3-7-13(12)16)19-9-11-5-4-8-14(17)15(11)18/h2-8,10,19H,9H2,1H3/t10-/m1/s1. The Kier molecular flexibility index (Phi) is 4.22. The Morgan fingerprint density at radius 3 is 2.37 bits per heavy atom. The molecule has 1 nitrogen and oxygen atoms in total. The molecule has 0 spiro atoms. The molecule has 0 amide bonds. The second-order valence-electron chi connectivity index (χ2n) is 4.34. The van der Waals surface area contributed by atoms with Crippen LogP contribution in [0.2, 0.25) is 0 Å². The van der Waals surface area contributed by atoms with Gasteiger partial charge in [0, 0.05) is 23.7 Å². The number of benzene rings is 2. The van der Waals surface area contributed by atoms with Gasteiger partial charge in [-0.25, -0.2) is 13.2 Å². The molecule has 0 heterocycles. The maximum atomic E-state index is 13.5. The lowest BCUT2D eigenvalue weighted by atomic mass is 10.1. The Bertz CT molecular complexity index is 569. The summed E-state index contributed by atoms with van der Waals surface area (Å²) >= 11 is 0. The van der Waals surface area contributed by atoms with E-state index in [0.29, 0.717) is 5.56 Å². The molecule has 0 saturated carbocycles. The summed E-state index contributed by atoms with van der Waals surface area (Å²) < 4.78 is 40.0. The third-order valence-corrected chi connectivity index (χ3v) is 3.00. The van der Waals surface area contributed by atoms with E-state index in [9.17, 15) is 13.2 Å². The van der Waals surface area contributed by atoms with Gasteiger partial charge in [0.2, 0.25) is 0 Å².